The van der Waals surface area contributed by atoms with Gasteiger partial charge in [-0.05, 0) is 13.8 Å². The molecule has 0 unspecified atom stereocenters. The first kappa shape index (κ1) is 19.9. The number of benzene rings is 1. The molecule has 1 atom stereocenters. The highest BCUT2D eigenvalue weighted by Crippen LogP contribution is 2.25. The van der Waals surface area contributed by atoms with Crippen molar-refractivity contribution in [2.45, 2.75) is 19.9 Å². The number of piperazine rings is 1. The summed E-state index contributed by atoms with van der Waals surface area (Å²) in [5.41, 5.74) is 2.85. The van der Waals surface area contributed by atoms with Gasteiger partial charge in [0.05, 0.1) is 0 Å². The molecular weight excluding hydrogens is 353 g/mol. The fraction of sp³-hybridized carbons (Fsp3) is 0.375. The quantitative estimate of drug-likeness (QED) is 0.877. The Morgan fingerprint density at radius 1 is 1.30 bits per heavy atom. The van der Waals surface area contributed by atoms with Gasteiger partial charge in [0.2, 0.25) is 0 Å². The third kappa shape index (κ3) is 4.44. The predicted octanol–water partition coefficient (Wildman–Crippen LogP) is 3.40. The van der Waals surface area contributed by atoms with E-state index in [1.807, 2.05) is 10.3 Å². The second-order valence-corrected chi connectivity index (χ2v) is 6.31. The lowest BCUT2D eigenvalue weighted by molar-refractivity contribution is 0.0650. The van der Waals surface area contributed by atoms with Crippen LogP contribution in [-0.2, 0) is 0 Å². The maximum atomic E-state index is 12.6. The number of aryl methyl sites for hydroxylation is 1. The van der Waals surface area contributed by atoms with Crippen molar-refractivity contribution in [2.24, 2.45) is 0 Å². The number of nitrogens with zero attached hydrogens (tertiary/aromatic N) is 2. The van der Waals surface area contributed by atoms with Gasteiger partial charge in [0.15, 0.2) is 0 Å². The van der Waals surface area contributed by atoms with Crippen LogP contribution in [0.5, 0.6) is 0 Å². The van der Waals surface area contributed by atoms with Gasteiger partial charge in [-0.3, -0.25) is 4.79 Å². The maximum absolute atomic E-state index is 12.6. The molecule has 2 heterocycles. The van der Waals surface area contributed by atoms with Crippen LogP contribution in [0.15, 0.2) is 29.6 Å². The van der Waals surface area contributed by atoms with Crippen LogP contribution < -0.4 is 5.32 Å². The third-order valence-electron chi connectivity index (χ3n) is 3.78. The lowest BCUT2D eigenvalue weighted by Gasteiger charge is -2.33. The summed E-state index contributed by atoms with van der Waals surface area (Å²) in [5.74, 6) is 0.0404. The van der Waals surface area contributed by atoms with Gasteiger partial charge in [-0.1, -0.05) is 29.8 Å². The van der Waals surface area contributed by atoms with Crippen molar-refractivity contribution >= 4 is 42.1 Å². The molecule has 1 N–H and O–H groups in total. The van der Waals surface area contributed by atoms with Crippen LogP contribution in [0.3, 0.4) is 0 Å². The standard InChI is InChI=1S/C16H19N3OS.2ClH/c1-11-3-5-13(6-4-11)15-18-14(10-21-15)16(20)19-8-7-17-9-12(19)2;;/h3-6,10,12,17H,7-9H2,1-2H3;2*1H/t12-;;/m0../s1. The lowest BCUT2D eigenvalue weighted by atomic mass is 10.1. The lowest BCUT2D eigenvalue weighted by Crippen LogP contribution is -2.52. The zero-order valence-electron chi connectivity index (χ0n) is 13.1. The molecule has 0 saturated carbocycles. The van der Waals surface area contributed by atoms with E-state index < -0.39 is 0 Å². The van der Waals surface area contributed by atoms with Crippen LogP contribution in [0.2, 0.25) is 0 Å². The summed E-state index contributed by atoms with van der Waals surface area (Å²) < 4.78 is 0. The van der Waals surface area contributed by atoms with Crippen molar-refractivity contribution < 1.29 is 4.79 Å². The topological polar surface area (TPSA) is 45.2 Å². The van der Waals surface area contributed by atoms with E-state index in [4.69, 9.17) is 0 Å². The molecular formula is C16H21Cl2N3OS. The Labute approximate surface area is 153 Å². The van der Waals surface area contributed by atoms with Gasteiger partial charge in [-0.15, -0.1) is 36.2 Å². The molecule has 1 amide bonds. The molecule has 4 nitrogen and oxygen atoms in total. The normalized spacial score (nSPS) is 17.1. The summed E-state index contributed by atoms with van der Waals surface area (Å²) in [7, 11) is 0. The molecule has 0 spiro atoms. The molecule has 1 aromatic carbocycles. The molecule has 1 aromatic heterocycles. The molecule has 3 rings (SSSR count). The zero-order valence-corrected chi connectivity index (χ0v) is 15.6. The van der Waals surface area contributed by atoms with E-state index in [1.165, 1.54) is 16.9 Å². The third-order valence-corrected chi connectivity index (χ3v) is 4.68. The second-order valence-electron chi connectivity index (χ2n) is 5.46. The first-order valence-electron chi connectivity index (χ1n) is 7.19. The van der Waals surface area contributed by atoms with Gasteiger partial charge < -0.3 is 10.2 Å². The average molecular weight is 374 g/mol. The van der Waals surface area contributed by atoms with Gasteiger partial charge in [-0.2, -0.15) is 0 Å². The van der Waals surface area contributed by atoms with Crippen molar-refractivity contribution in [1.82, 2.24) is 15.2 Å². The van der Waals surface area contributed by atoms with E-state index in [2.05, 4.69) is 48.4 Å². The van der Waals surface area contributed by atoms with Crippen molar-refractivity contribution in [3.63, 3.8) is 0 Å². The molecule has 1 aliphatic rings. The molecule has 1 fully saturated rings. The molecule has 2 aromatic rings. The number of amides is 1. The van der Waals surface area contributed by atoms with E-state index >= 15 is 0 Å². The van der Waals surface area contributed by atoms with Crippen LogP contribution in [0, 0.1) is 6.92 Å². The smallest absolute Gasteiger partial charge is 0.273 e. The summed E-state index contributed by atoms with van der Waals surface area (Å²) >= 11 is 1.53. The van der Waals surface area contributed by atoms with E-state index in [9.17, 15) is 4.79 Å². The molecule has 1 aliphatic heterocycles. The molecule has 126 valence electrons. The number of rotatable bonds is 2. The Kier molecular flexibility index (Phi) is 7.48. The largest absolute Gasteiger partial charge is 0.332 e. The Balaban J connectivity index is 0.00000132. The monoisotopic (exact) mass is 373 g/mol. The second kappa shape index (κ2) is 8.64. The summed E-state index contributed by atoms with van der Waals surface area (Å²) in [6, 6.07) is 8.45. The van der Waals surface area contributed by atoms with E-state index in [0.29, 0.717) is 5.69 Å². The van der Waals surface area contributed by atoms with Crippen molar-refractivity contribution in [3.8, 4) is 10.6 Å². The number of hydrogen-bond acceptors (Lipinski definition) is 4. The Bertz CT molecular complexity index is 645. The van der Waals surface area contributed by atoms with E-state index in [1.54, 1.807) is 0 Å². The fourth-order valence-electron chi connectivity index (χ4n) is 2.49. The molecule has 0 bridgehead atoms. The molecule has 7 heteroatoms. The van der Waals surface area contributed by atoms with Gasteiger partial charge in [0.1, 0.15) is 10.7 Å². The minimum absolute atomic E-state index is 0. The van der Waals surface area contributed by atoms with Gasteiger partial charge in [-0.25, -0.2) is 4.98 Å². The Morgan fingerprint density at radius 3 is 2.65 bits per heavy atom. The van der Waals surface area contributed by atoms with Crippen LogP contribution in [0.25, 0.3) is 10.6 Å². The maximum Gasteiger partial charge on any atom is 0.273 e. The average Bonchev–Trinajstić information content (AvgIpc) is 2.98. The molecule has 23 heavy (non-hydrogen) atoms. The number of carbonyl (C=O) groups excluding carboxylic acids is 1. The number of nitrogens with one attached hydrogen (secondary N) is 1. The van der Waals surface area contributed by atoms with Crippen molar-refractivity contribution in [3.05, 3.63) is 40.9 Å². The number of carbonyl (C=O) groups is 1. The number of thiazole rings is 1. The van der Waals surface area contributed by atoms with Crippen LogP contribution in [0.4, 0.5) is 0 Å². The highest BCUT2D eigenvalue weighted by atomic mass is 35.5. The SMILES string of the molecule is Cc1ccc(-c2nc(C(=O)N3CCNC[C@@H]3C)cs2)cc1.Cl.Cl. The van der Waals surface area contributed by atoms with E-state index in [0.717, 1.165) is 30.2 Å². The van der Waals surface area contributed by atoms with Gasteiger partial charge in [0, 0.05) is 36.6 Å². The minimum Gasteiger partial charge on any atom is -0.332 e. The highest BCUT2D eigenvalue weighted by Gasteiger charge is 2.25. The van der Waals surface area contributed by atoms with Gasteiger partial charge >= 0.3 is 0 Å². The number of hydrogen-bond donors (Lipinski definition) is 1. The first-order valence-corrected chi connectivity index (χ1v) is 8.07. The first-order chi connectivity index (χ1) is 10.1. The summed E-state index contributed by atoms with van der Waals surface area (Å²) in [6.45, 7) is 6.58. The zero-order chi connectivity index (χ0) is 14.8. The van der Waals surface area contributed by atoms with Crippen molar-refractivity contribution in [1.29, 1.82) is 0 Å². The Hall–Kier alpha value is -1.14. The molecule has 1 saturated heterocycles. The molecule has 0 aliphatic carbocycles. The van der Waals surface area contributed by atoms with Crippen LogP contribution >= 0.6 is 36.2 Å². The highest BCUT2D eigenvalue weighted by molar-refractivity contribution is 7.13. The summed E-state index contributed by atoms with van der Waals surface area (Å²) in [5, 5.41) is 6.07. The van der Waals surface area contributed by atoms with E-state index in [-0.39, 0.29) is 36.8 Å². The molecule has 0 radical (unpaired) electrons. The van der Waals surface area contributed by atoms with Gasteiger partial charge in [0.25, 0.3) is 5.91 Å². The number of aromatic nitrogens is 1. The fourth-order valence-corrected chi connectivity index (χ4v) is 3.29. The minimum atomic E-state index is 0. The summed E-state index contributed by atoms with van der Waals surface area (Å²) in [6.07, 6.45) is 0. The summed E-state index contributed by atoms with van der Waals surface area (Å²) in [4.78, 5) is 19.0. The number of halogens is 2. The Morgan fingerprint density at radius 2 is 2.00 bits per heavy atom. The predicted molar refractivity (Wildman–Crippen MR) is 100 cm³/mol. The van der Waals surface area contributed by atoms with Crippen LogP contribution in [0.1, 0.15) is 23.0 Å². The van der Waals surface area contributed by atoms with Crippen LogP contribution in [-0.4, -0.2) is 41.5 Å². The van der Waals surface area contributed by atoms with Crippen molar-refractivity contribution in [2.75, 3.05) is 19.6 Å².